The first-order valence-corrected chi connectivity index (χ1v) is 19.2. The zero-order valence-electron chi connectivity index (χ0n) is 32.0. The number of piperidine rings is 1. The molecule has 0 saturated carbocycles. The summed E-state index contributed by atoms with van der Waals surface area (Å²) >= 11 is 0. The summed E-state index contributed by atoms with van der Waals surface area (Å²) in [5, 5.41) is 26.1. The fourth-order valence-electron chi connectivity index (χ4n) is 8.11. The van der Waals surface area contributed by atoms with Gasteiger partial charge in [0.2, 0.25) is 11.8 Å². The molecule has 14 heteroatoms. The van der Waals surface area contributed by atoms with Crippen LogP contribution in [0.5, 0.6) is 0 Å². The van der Waals surface area contributed by atoms with Crippen molar-refractivity contribution < 1.29 is 23.1 Å². The number of hydrogen-bond donors (Lipinski definition) is 3. The van der Waals surface area contributed by atoms with Gasteiger partial charge in [-0.25, -0.2) is 23.7 Å². The number of rotatable bonds is 10. The van der Waals surface area contributed by atoms with Gasteiger partial charge in [0.15, 0.2) is 17.2 Å². The molecule has 5 heterocycles. The van der Waals surface area contributed by atoms with E-state index in [1.807, 2.05) is 62.4 Å². The fourth-order valence-corrected chi connectivity index (χ4v) is 8.11. The number of aliphatic hydroxyl groups excluding tert-OH is 1. The fraction of sp³-hybridized carbons (Fsp3) is 0.349. The van der Waals surface area contributed by atoms with Gasteiger partial charge >= 0.3 is 0 Å². The Morgan fingerprint density at radius 1 is 0.930 bits per heavy atom. The number of carbonyl (C=O) groups excluding carboxylic acids is 1. The third-order valence-corrected chi connectivity index (χ3v) is 11.2. The van der Waals surface area contributed by atoms with E-state index in [0.717, 1.165) is 71.4 Å². The molecular weight excluding hydrogens is 729 g/mol. The molecular formula is C43H43F2N9O3. The van der Waals surface area contributed by atoms with E-state index in [4.69, 9.17) is 9.40 Å². The third kappa shape index (κ3) is 7.78. The zero-order chi connectivity index (χ0) is 39.8. The average Bonchev–Trinajstić information content (AvgIpc) is 3.83. The molecule has 3 aromatic carbocycles. The molecule has 2 aliphatic rings. The minimum atomic E-state index is -2.88. The van der Waals surface area contributed by atoms with E-state index in [-0.39, 0.29) is 23.7 Å². The minimum absolute atomic E-state index is 0.0247. The third-order valence-electron chi connectivity index (χ3n) is 11.2. The van der Waals surface area contributed by atoms with Crippen molar-refractivity contribution in [3.8, 4) is 28.7 Å². The van der Waals surface area contributed by atoms with Gasteiger partial charge in [-0.2, -0.15) is 5.26 Å². The van der Waals surface area contributed by atoms with Crippen molar-refractivity contribution in [3.05, 3.63) is 94.4 Å². The second-order valence-electron chi connectivity index (χ2n) is 15.0. The number of benzene rings is 3. The monoisotopic (exact) mass is 771 g/mol. The number of aromatic nitrogens is 4. The highest BCUT2D eigenvalue weighted by molar-refractivity contribution is 5.90. The summed E-state index contributed by atoms with van der Waals surface area (Å²) in [6, 6.07) is 19.5. The van der Waals surface area contributed by atoms with Crippen LogP contribution >= 0.6 is 0 Å². The number of aliphatic hydroxyl groups is 1. The van der Waals surface area contributed by atoms with E-state index in [1.54, 1.807) is 19.3 Å². The summed E-state index contributed by atoms with van der Waals surface area (Å²) < 4.78 is 34.5. The van der Waals surface area contributed by atoms with E-state index in [0.29, 0.717) is 65.3 Å². The number of hydrogen-bond acceptors (Lipinski definition) is 11. The minimum Gasteiger partial charge on any atom is -0.435 e. The van der Waals surface area contributed by atoms with Gasteiger partial charge in [0, 0.05) is 56.6 Å². The number of anilines is 2. The maximum atomic E-state index is 14.1. The molecule has 0 unspecified atom stereocenters. The summed E-state index contributed by atoms with van der Waals surface area (Å²) in [7, 11) is 1.67. The van der Waals surface area contributed by atoms with E-state index >= 15 is 0 Å². The lowest BCUT2D eigenvalue weighted by Crippen LogP contribution is -2.39. The highest BCUT2D eigenvalue weighted by atomic mass is 19.3. The van der Waals surface area contributed by atoms with Crippen molar-refractivity contribution in [2.75, 3.05) is 38.5 Å². The lowest BCUT2D eigenvalue weighted by molar-refractivity contribution is -0.125. The first-order chi connectivity index (χ1) is 27.6. The molecule has 6 aromatic rings. The molecule has 3 aromatic heterocycles. The van der Waals surface area contributed by atoms with Crippen molar-refractivity contribution in [2.24, 2.45) is 5.92 Å². The van der Waals surface area contributed by atoms with Gasteiger partial charge < -0.3 is 20.2 Å². The predicted octanol–water partition coefficient (Wildman–Crippen LogP) is 7.19. The number of nitrogens with zero attached hydrogens (tertiary/aromatic N) is 7. The van der Waals surface area contributed by atoms with Crippen LogP contribution in [0.3, 0.4) is 0 Å². The number of nitriles is 1. The van der Waals surface area contributed by atoms with E-state index in [1.165, 1.54) is 0 Å². The average molecular weight is 772 g/mol. The Morgan fingerprint density at radius 2 is 1.63 bits per heavy atom. The summed E-state index contributed by atoms with van der Waals surface area (Å²) in [4.78, 5) is 34.3. The summed E-state index contributed by atoms with van der Waals surface area (Å²) in [6.45, 7) is 8.00. The summed E-state index contributed by atoms with van der Waals surface area (Å²) in [5.74, 6) is 0.0928. The molecule has 57 heavy (non-hydrogen) atoms. The van der Waals surface area contributed by atoms with Crippen molar-refractivity contribution >= 4 is 39.5 Å². The van der Waals surface area contributed by atoms with E-state index in [9.17, 15) is 23.9 Å². The highest BCUT2D eigenvalue weighted by Gasteiger charge is 2.26. The maximum absolute atomic E-state index is 14.1. The van der Waals surface area contributed by atoms with Crippen molar-refractivity contribution in [2.45, 2.75) is 58.7 Å². The number of likely N-dealkylation sites (tertiary alicyclic amines) is 2. The Labute approximate surface area is 328 Å². The standard InChI is InChI=1S/C43H43F2N9O3/c1-24-31(6-4-8-33(24)43-51-36-17-26(16-29(19-46)38(36)57-43)21-53-13-10-28(11-14-53)42(56)47-3)32-7-5-9-34(25(32)2)49-40-37-35(50-41(52-40)39(44)45)18-27(20-48-37)22-54-15-12-30(55)23-54/h4-9,16-18,20,28,30,39,55H,10-15,21-23H2,1-3H3,(H,47,56)(H,49,50,52)/t30-/m1/s1. The molecule has 3 N–H and O–H groups in total. The highest BCUT2D eigenvalue weighted by Crippen LogP contribution is 2.38. The molecule has 0 aliphatic carbocycles. The Bertz CT molecular complexity index is 2530. The molecule has 0 radical (unpaired) electrons. The SMILES string of the molecule is CNC(=O)C1CCN(Cc2cc(C#N)c3oc(-c4cccc(-c5cccc(Nc6nc(C(F)F)nc7cc(CN8CC[C@@H](O)C8)cnc67)c5C)c4C)nc3c2)CC1. The van der Waals surface area contributed by atoms with Gasteiger partial charge in [0.1, 0.15) is 17.1 Å². The van der Waals surface area contributed by atoms with Crippen LogP contribution in [0, 0.1) is 31.1 Å². The van der Waals surface area contributed by atoms with Crippen LogP contribution in [0.15, 0.2) is 65.2 Å². The molecule has 1 amide bonds. The number of oxazole rings is 1. The number of halogens is 2. The molecule has 2 saturated heterocycles. The van der Waals surface area contributed by atoms with Crippen LogP contribution in [-0.4, -0.2) is 80.1 Å². The van der Waals surface area contributed by atoms with Gasteiger partial charge in [-0.15, -0.1) is 0 Å². The van der Waals surface area contributed by atoms with Crippen molar-refractivity contribution in [3.63, 3.8) is 0 Å². The van der Waals surface area contributed by atoms with Crippen LogP contribution in [0.1, 0.15) is 59.3 Å². The quantitative estimate of drug-likeness (QED) is 0.130. The lowest BCUT2D eigenvalue weighted by Gasteiger charge is -2.31. The number of pyridine rings is 1. The molecule has 8 rings (SSSR count). The number of alkyl halides is 2. The topological polar surface area (TPSA) is 156 Å². The number of carbonyl (C=O) groups is 1. The molecule has 292 valence electrons. The Kier molecular flexibility index (Phi) is 10.6. The van der Waals surface area contributed by atoms with Gasteiger partial charge in [-0.3, -0.25) is 19.6 Å². The van der Waals surface area contributed by atoms with Crippen LogP contribution in [0.2, 0.25) is 0 Å². The number of fused-ring (bicyclic) bond motifs is 2. The second-order valence-corrected chi connectivity index (χ2v) is 15.0. The Morgan fingerprint density at radius 3 is 2.35 bits per heavy atom. The first-order valence-electron chi connectivity index (χ1n) is 19.2. The summed E-state index contributed by atoms with van der Waals surface area (Å²) in [6.07, 6.45) is 0.720. The normalized spacial score (nSPS) is 16.8. The molecule has 12 nitrogen and oxygen atoms in total. The second kappa shape index (κ2) is 15.9. The van der Waals surface area contributed by atoms with Crippen molar-refractivity contribution in [1.29, 1.82) is 5.26 Å². The van der Waals surface area contributed by atoms with E-state index < -0.39 is 12.2 Å². The molecule has 0 bridgehead atoms. The van der Waals surface area contributed by atoms with Gasteiger partial charge in [0.05, 0.1) is 17.2 Å². The maximum Gasteiger partial charge on any atom is 0.297 e. The lowest BCUT2D eigenvalue weighted by atomic mass is 9.93. The number of nitrogens with one attached hydrogen (secondary N) is 2. The Hall–Kier alpha value is -5.88. The molecule has 2 aliphatic heterocycles. The van der Waals surface area contributed by atoms with Crippen LogP contribution in [0.4, 0.5) is 20.3 Å². The smallest absolute Gasteiger partial charge is 0.297 e. The number of amides is 1. The largest absolute Gasteiger partial charge is 0.435 e. The zero-order valence-corrected chi connectivity index (χ0v) is 32.0. The summed E-state index contributed by atoms with van der Waals surface area (Å²) in [5.41, 5.74) is 8.93. The molecule has 2 fully saturated rings. The first kappa shape index (κ1) is 38.0. The van der Waals surface area contributed by atoms with Crippen LogP contribution in [0.25, 0.3) is 44.7 Å². The van der Waals surface area contributed by atoms with Crippen molar-refractivity contribution in [1.82, 2.24) is 35.1 Å². The predicted molar refractivity (Wildman–Crippen MR) is 213 cm³/mol. The van der Waals surface area contributed by atoms with Crippen LogP contribution < -0.4 is 10.6 Å². The van der Waals surface area contributed by atoms with Crippen LogP contribution in [-0.2, 0) is 17.9 Å². The molecule has 0 spiro atoms. The number of β-amino-alcohol motifs (C(OH)–C–C–N with tert-alkyl or cyclic N) is 1. The van der Waals surface area contributed by atoms with Gasteiger partial charge in [-0.05, 0) is 110 Å². The molecule has 1 atom stereocenters. The Balaban J connectivity index is 1.07. The van der Waals surface area contributed by atoms with Gasteiger partial charge in [0.25, 0.3) is 6.43 Å². The van der Waals surface area contributed by atoms with E-state index in [2.05, 4.69) is 41.5 Å². The van der Waals surface area contributed by atoms with Gasteiger partial charge in [-0.1, -0.05) is 24.3 Å².